The number of nitrogens with zero attached hydrogens (tertiary/aromatic N) is 1. The first-order valence-corrected chi connectivity index (χ1v) is 11.2. The summed E-state index contributed by atoms with van der Waals surface area (Å²) in [5.74, 6) is -0.441. The number of nitrogens with one attached hydrogen (secondary N) is 1. The van der Waals surface area contributed by atoms with E-state index in [1.54, 1.807) is 32.0 Å². The summed E-state index contributed by atoms with van der Waals surface area (Å²) in [6, 6.07) is 8.62. The Labute approximate surface area is 184 Å². The Morgan fingerprint density at radius 1 is 1.10 bits per heavy atom. The Bertz CT molecular complexity index is 1100. The third-order valence-electron chi connectivity index (χ3n) is 4.49. The predicted octanol–water partition coefficient (Wildman–Crippen LogP) is 2.89. The first-order valence-electron chi connectivity index (χ1n) is 9.42. The number of hydrogen-bond donors (Lipinski definition) is 1. The number of ether oxygens (including phenoxy) is 3. The largest absolute Gasteiger partial charge is 0.454 e. The van der Waals surface area contributed by atoms with Crippen molar-refractivity contribution >= 4 is 39.2 Å². The molecule has 0 saturated heterocycles. The summed E-state index contributed by atoms with van der Waals surface area (Å²) in [5.41, 5.74) is 0.293. The number of halogens is 1. The number of sulfonamides is 1. The van der Waals surface area contributed by atoms with Gasteiger partial charge < -0.3 is 19.5 Å². The van der Waals surface area contributed by atoms with Crippen molar-refractivity contribution in [1.82, 2.24) is 4.31 Å². The summed E-state index contributed by atoms with van der Waals surface area (Å²) < 4.78 is 42.1. The summed E-state index contributed by atoms with van der Waals surface area (Å²) >= 11 is 6.05. The van der Waals surface area contributed by atoms with Gasteiger partial charge in [-0.15, -0.1) is 0 Å². The second-order valence-electron chi connectivity index (χ2n) is 6.42. The van der Waals surface area contributed by atoms with Gasteiger partial charge in [0.1, 0.15) is 0 Å². The predicted molar refractivity (Wildman–Crippen MR) is 113 cm³/mol. The summed E-state index contributed by atoms with van der Waals surface area (Å²) in [4.78, 5) is 24.5. The van der Waals surface area contributed by atoms with Crippen molar-refractivity contribution in [2.75, 3.05) is 31.8 Å². The third kappa shape index (κ3) is 5.09. The lowest BCUT2D eigenvalue weighted by atomic mass is 10.2. The average Bonchev–Trinajstić information content (AvgIpc) is 3.20. The molecule has 31 heavy (non-hydrogen) atoms. The fourth-order valence-electron chi connectivity index (χ4n) is 2.91. The number of anilines is 1. The molecule has 1 aliphatic rings. The second-order valence-corrected chi connectivity index (χ2v) is 8.77. The highest BCUT2D eigenvalue weighted by molar-refractivity contribution is 7.89. The van der Waals surface area contributed by atoms with E-state index >= 15 is 0 Å². The molecule has 1 aliphatic heterocycles. The van der Waals surface area contributed by atoms with Crippen LogP contribution in [0.1, 0.15) is 24.2 Å². The number of esters is 1. The van der Waals surface area contributed by atoms with Gasteiger partial charge in [0.2, 0.25) is 16.8 Å². The molecule has 1 N–H and O–H groups in total. The second kappa shape index (κ2) is 9.54. The van der Waals surface area contributed by atoms with Crippen molar-refractivity contribution < 1.29 is 32.2 Å². The quantitative estimate of drug-likeness (QED) is 0.593. The van der Waals surface area contributed by atoms with Crippen LogP contribution in [-0.2, 0) is 19.6 Å². The van der Waals surface area contributed by atoms with Crippen LogP contribution in [0.25, 0.3) is 0 Å². The molecule has 0 fully saturated rings. The smallest absolute Gasteiger partial charge is 0.340 e. The fraction of sp³-hybridized carbons (Fsp3) is 0.300. The van der Waals surface area contributed by atoms with Gasteiger partial charge in [0.15, 0.2) is 18.1 Å². The molecule has 0 unspecified atom stereocenters. The van der Waals surface area contributed by atoms with E-state index in [2.05, 4.69) is 5.32 Å². The Balaban J connectivity index is 1.67. The lowest BCUT2D eigenvalue weighted by molar-refractivity contribution is -0.119. The zero-order valence-corrected chi connectivity index (χ0v) is 18.5. The van der Waals surface area contributed by atoms with E-state index in [0.717, 1.165) is 6.07 Å². The molecule has 0 spiro atoms. The Morgan fingerprint density at radius 2 is 1.81 bits per heavy atom. The average molecular weight is 469 g/mol. The first kappa shape index (κ1) is 22.9. The maximum absolute atomic E-state index is 12.7. The van der Waals surface area contributed by atoms with E-state index in [4.69, 9.17) is 25.8 Å². The van der Waals surface area contributed by atoms with Crippen molar-refractivity contribution in [2.45, 2.75) is 18.7 Å². The molecule has 0 saturated carbocycles. The van der Waals surface area contributed by atoms with Crippen molar-refractivity contribution in [2.24, 2.45) is 0 Å². The van der Waals surface area contributed by atoms with Gasteiger partial charge in [-0.05, 0) is 30.3 Å². The molecule has 1 heterocycles. The number of rotatable bonds is 8. The number of carbonyl (C=O) groups is 2. The van der Waals surface area contributed by atoms with Gasteiger partial charge in [-0.25, -0.2) is 13.2 Å². The molecule has 3 rings (SSSR count). The molecule has 2 aromatic rings. The topological polar surface area (TPSA) is 111 Å². The molecular weight excluding hydrogens is 448 g/mol. The van der Waals surface area contributed by atoms with Crippen LogP contribution in [0.2, 0.25) is 5.02 Å². The first-order chi connectivity index (χ1) is 14.8. The van der Waals surface area contributed by atoms with E-state index in [-0.39, 0.29) is 35.4 Å². The van der Waals surface area contributed by atoms with Gasteiger partial charge in [0.05, 0.1) is 15.5 Å². The van der Waals surface area contributed by atoms with Crippen LogP contribution < -0.4 is 14.8 Å². The zero-order valence-electron chi connectivity index (χ0n) is 16.9. The fourth-order valence-corrected chi connectivity index (χ4v) is 4.59. The SMILES string of the molecule is CCN(CC)S(=O)(=O)c1ccc(Cl)c(C(=O)OCC(=O)Nc2ccc3c(c2)OCO3)c1. The Hall–Kier alpha value is -2.82. The number of fused-ring (bicyclic) bond motifs is 1. The van der Waals surface area contributed by atoms with E-state index in [1.807, 2.05) is 0 Å². The van der Waals surface area contributed by atoms with Gasteiger partial charge in [0.25, 0.3) is 5.91 Å². The highest BCUT2D eigenvalue weighted by Gasteiger charge is 2.24. The molecule has 0 atom stereocenters. The third-order valence-corrected chi connectivity index (χ3v) is 6.87. The van der Waals surface area contributed by atoms with Gasteiger partial charge in [-0.1, -0.05) is 25.4 Å². The van der Waals surface area contributed by atoms with Crippen LogP contribution in [0, 0.1) is 0 Å². The summed E-state index contributed by atoms with van der Waals surface area (Å²) in [5, 5.41) is 2.59. The van der Waals surface area contributed by atoms with E-state index < -0.39 is 28.5 Å². The molecule has 0 aromatic heterocycles. The van der Waals surface area contributed by atoms with Gasteiger partial charge in [-0.2, -0.15) is 4.31 Å². The standard InChI is InChI=1S/C20H21ClN2O7S/c1-3-23(4-2)31(26,27)14-6-7-16(21)15(10-14)20(25)28-11-19(24)22-13-5-8-17-18(9-13)30-12-29-17/h5-10H,3-4,11-12H2,1-2H3,(H,22,24). The molecular formula is C20H21ClN2O7S. The molecule has 0 bridgehead atoms. The minimum atomic E-state index is -3.79. The highest BCUT2D eigenvalue weighted by atomic mass is 35.5. The minimum Gasteiger partial charge on any atom is -0.454 e. The molecule has 9 nitrogen and oxygen atoms in total. The highest BCUT2D eigenvalue weighted by Crippen LogP contribution is 2.34. The monoisotopic (exact) mass is 468 g/mol. The summed E-state index contributed by atoms with van der Waals surface area (Å²) in [6.07, 6.45) is 0. The van der Waals surface area contributed by atoms with Crippen molar-refractivity contribution in [3.8, 4) is 11.5 Å². The minimum absolute atomic E-state index is 0.0136. The maximum Gasteiger partial charge on any atom is 0.340 e. The Kier molecular flexibility index (Phi) is 7.04. The summed E-state index contributed by atoms with van der Waals surface area (Å²) in [7, 11) is -3.79. The van der Waals surface area contributed by atoms with E-state index in [0.29, 0.717) is 17.2 Å². The van der Waals surface area contributed by atoms with Crippen molar-refractivity contribution in [3.05, 3.63) is 47.0 Å². The molecule has 11 heteroatoms. The number of benzene rings is 2. The molecule has 0 radical (unpaired) electrons. The lowest BCUT2D eigenvalue weighted by Crippen LogP contribution is -2.30. The molecule has 1 amide bonds. The normalized spacial score (nSPS) is 12.6. The zero-order chi connectivity index (χ0) is 22.6. The van der Waals surface area contributed by atoms with E-state index in [1.165, 1.54) is 16.4 Å². The maximum atomic E-state index is 12.7. The number of hydrogen-bond acceptors (Lipinski definition) is 7. The van der Waals surface area contributed by atoms with Crippen LogP contribution in [-0.4, -0.2) is 51.1 Å². The van der Waals surface area contributed by atoms with Gasteiger partial charge in [0, 0.05) is 24.8 Å². The van der Waals surface area contributed by atoms with Gasteiger partial charge >= 0.3 is 5.97 Å². The van der Waals surface area contributed by atoms with Crippen LogP contribution in [0.5, 0.6) is 11.5 Å². The van der Waals surface area contributed by atoms with Crippen LogP contribution >= 0.6 is 11.6 Å². The number of amides is 1. The van der Waals surface area contributed by atoms with Crippen LogP contribution in [0.3, 0.4) is 0 Å². The van der Waals surface area contributed by atoms with Crippen LogP contribution in [0.4, 0.5) is 5.69 Å². The molecule has 0 aliphatic carbocycles. The van der Waals surface area contributed by atoms with Crippen LogP contribution in [0.15, 0.2) is 41.3 Å². The lowest BCUT2D eigenvalue weighted by Gasteiger charge is -2.19. The van der Waals surface area contributed by atoms with Gasteiger partial charge in [-0.3, -0.25) is 4.79 Å². The number of carbonyl (C=O) groups excluding carboxylic acids is 2. The molecule has 2 aromatic carbocycles. The van der Waals surface area contributed by atoms with E-state index in [9.17, 15) is 18.0 Å². The summed E-state index contributed by atoms with van der Waals surface area (Å²) in [6.45, 7) is 3.50. The van der Waals surface area contributed by atoms with Crippen molar-refractivity contribution in [1.29, 1.82) is 0 Å². The molecule has 166 valence electrons. The van der Waals surface area contributed by atoms with Crippen molar-refractivity contribution in [3.63, 3.8) is 0 Å². The Morgan fingerprint density at radius 3 is 2.52 bits per heavy atom.